The zero-order chi connectivity index (χ0) is 17.4. The van der Waals surface area contributed by atoms with Crippen molar-refractivity contribution in [2.45, 2.75) is 19.9 Å². The minimum absolute atomic E-state index is 0. The number of H-pyrrole nitrogens is 1. The van der Waals surface area contributed by atoms with Gasteiger partial charge in [-0.15, -0.1) is 12.4 Å². The molecular weight excluding hydrogens is 350 g/mol. The first-order valence-corrected chi connectivity index (χ1v) is 7.71. The Morgan fingerprint density at radius 1 is 1.32 bits per heavy atom. The third-order valence-corrected chi connectivity index (χ3v) is 4.37. The number of hydrogen-bond donors (Lipinski definition) is 2. The van der Waals surface area contributed by atoms with Crippen molar-refractivity contribution in [3.63, 3.8) is 0 Å². The van der Waals surface area contributed by atoms with Gasteiger partial charge in [-0.1, -0.05) is 0 Å². The van der Waals surface area contributed by atoms with Crippen molar-refractivity contribution >= 4 is 35.2 Å². The maximum Gasteiger partial charge on any atom is 0.328 e. The van der Waals surface area contributed by atoms with Crippen LogP contribution in [0.25, 0.3) is 10.9 Å². The fourth-order valence-electron chi connectivity index (χ4n) is 3.00. The highest BCUT2D eigenvalue weighted by molar-refractivity contribution is 5.98. The molecule has 1 atom stereocenters. The van der Waals surface area contributed by atoms with Gasteiger partial charge in [-0.25, -0.2) is 4.79 Å². The number of hydrogen-bond acceptors (Lipinski definition) is 4. The number of carbonyl (C=O) groups is 2. The number of carboxylic acid groups (broad SMARTS) is 1. The molecule has 1 aliphatic heterocycles. The summed E-state index contributed by atoms with van der Waals surface area (Å²) in [7, 11) is 0. The van der Waals surface area contributed by atoms with Crippen molar-refractivity contribution in [3.05, 3.63) is 44.6 Å². The minimum Gasteiger partial charge on any atom is -0.481 e. The first-order valence-electron chi connectivity index (χ1n) is 7.71. The van der Waals surface area contributed by atoms with Crippen LogP contribution in [0, 0.1) is 5.92 Å². The van der Waals surface area contributed by atoms with Crippen molar-refractivity contribution in [2.75, 3.05) is 13.1 Å². The molecule has 0 radical (unpaired) electrons. The summed E-state index contributed by atoms with van der Waals surface area (Å²) in [6.45, 7) is 2.50. The maximum absolute atomic E-state index is 12.5. The van der Waals surface area contributed by atoms with Crippen LogP contribution in [0.4, 0.5) is 0 Å². The highest BCUT2D eigenvalue weighted by atomic mass is 35.5. The Bertz CT molecular complexity index is 949. The molecule has 3 rings (SSSR count). The average molecular weight is 368 g/mol. The quantitative estimate of drug-likeness (QED) is 0.828. The Kier molecular flexibility index (Phi) is 5.32. The number of fused-ring (bicyclic) bond motifs is 1. The molecule has 0 spiro atoms. The summed E-state index contributed by atoms with van der Waals surface area (Å²) < 4.78 is 1.09. The Morgan fingerprint density at radius 3 is 2.64 bits per heavy atom. The fourth-order valence-corrected chi connectivity index (χ4v) is 3.00. The summed E-state index contributed by atoms with van der Waals surface area (Å²) in [5.74, 6) is -1.76. The molecule has 1 aliphatic rings. The molecule has 25 heavy (non-hydrogen) atoms. The number of likely N-dealkylation sites (tertiary alicyclic amines) is 1. The van der Waals surface area contributed by atoms with Crippen LogP contribution in [0.5, 0.6) is 0 Å². The van der Waals surface area contributed by atoms with Crippen LogP contribution in [0.1, 0.15) is 23.7 Å². The zero-order valence-electron chi connectivity index (χ0n) is 13.5. The SMILES string of the molecule is CCn1c(=O)[nH]c2cc(C(=O)N3CCC(C(=O)O)C3)ccc2c1=O.Cl. The Balaban J connectivity index is 0.00000225. The van der Waals surface area contributed by atoms with E-state index in [9.17, 15) is 19.2 Å². The van der Waals surface area contributed by atoms with Crippen molar-refractivity contribution in [1.29, 1.82) is 0 Å². The molecular formula is C16H18ClN3O5. The van der Waals surface area contributed by atoms with Crippen molar-refractivity contribution in [3.8, 4) is 0 Å². The van der Waals surface area contributed by atoms with Crippen LogP contribution in [-0.4, -0.2) is 44.5 Å². The fraction of sp³-hybridized carbons (Fsp3) is 0.375. The average Bonchev–Trinajstić information content (AvgIpc) is 3.04. The number of carboxylic acids is 1. The standard InChI is InChI=1S/C16H17N3O5.ClH/c1-2-19-14(21)11-4-3-9(7-12(11)17-16(19)24)13(20)18-6-5-10(8-18)15(22)23;/h3-4,7,10H,2,5-6,8H2,1H3,(H,17,24)(H,22,23);1H. The number of aromatic amines is 1. The predicted molar refractivity (Wildman–Crippen MR) is 93.4 cm³/mol. The molecule has 0 saturated carbocycles. The van der Waals surface area contributed by atoms with E-state index in [1.807, 2.05) is 0 Å². The van der Waals surface area contributed by atoms with E-state index >= 15 is 0 Å². The second kappa shape index (κ2) is 7.10. The molecule has 9 heteroatoms. The molecule has 1 aromatic carbocycles. The monoisotopic (exact) mass is 367 g/mol. The zero-order valence-corrected chi connectivity index (χ0v) is 14.3. The van der Waals surface area contributed by atoms with E-state index in [-0.39, 0.29) is 31.4 Å². The first kappa shape index (κ1) is 18.7. The van der Waals surface area contributed by atoms with E-state index in [0.29, 0.717) is 29.4 Å². The number of benzene rings is 1. The van der Waals surface area contributed by atoms with Gasteiger partial charge in [-0.3, -0.25) is 19.0 Å². The van der Waals surface area contributed by atoms with Crippen LogP contribution < -0.4 is 11.2 Å². The summed E-state index contributed by atoms with van der Waals surface area (Å²) in [5, 5.41) is 9.35. The van der Waals surface area contributed by atoms with Gasteiger partial charge in [0.25, 0.3) is 11.5 Å². The minimum atomic E-state index is -0.909. The van der Waals surface area contributed by atoms with Crippen LogP contribution in [-0.2, 0) is 11.3 Å². The highest BCUT2D eigenvalue weighted by Crippen LogP contribution is 2.20. The van der Waals surface area contributed by atoms with Crippen LogP contribution in [0.2, 0.25) is 0 Å². The van der Waals surface area contributed by atoms with Gasteiger partial charge in [0.1, 0.15) is 0 Å². The molecule has 134 valence electrons. The maximum atomic E-state index is 12.5. The van der Waals surface area contributed by atoms with Crippen molar-refractivity contribution in [1.82, 2.24) is 14.5 Å². The van der Waals surface area contributed by atoms with Crippen molar-refractivity contribution in [2.24, 2.45) is 5.92 Å². The van der Waals surface area contributed by atoms with Gasteiger partial charge in [0.2, 0.25) is 0 Å². The second-order valence-corrected chi connectivity index (χ2v) is 5.81. The summed E-state index contributed by atoms with van der Waals surface area (Å²) in [4.78, 5) is 51.7. The van der Waals surface area contributed by atoms with Gasteiger partial charge < -0.3 is 15.0 Å². The molecule has 2 heterocycles. The molecule has 1 fully saturated rings. The van der Waals surface area contributed by atoms with E-state index in [0.717, 1.165) is 4.57 Å². The molecule has 1 aromatic heterocycles. The van der Waals surface area contributed by atoms with Gasteiger partial charge in [-0.2, -0.15) is 0 Å². The van der Waals surface area contributed by atoms with Gasteiger partial charge in [0.15, 0.2) is 0 Å². The first-order chi connectivity index (χ1) is 11.4. The third-order valence-electron chi connectivity index (χ3n) is 4.37. The molecule has 0 aliphatic carbocycles. The lowest BCUT2D eigenvalue weighted by Crippen LogP contribution is -2.34. The molecule has 8 nitrogen and oxygen atoms in total. The lowest BCUT2D eigenvalue weighted by Gasteiger charge is -2.16. The van der Waals surface area contributed by atoms with Crippen LogP contribution in [0.3, 0.4) is 0 Å². The summed E-state index contributed by atoms with van der Waals surface area (Å²) in [5.41, 5.74) is -0.304. The lowest BCUT2D eigenvalue weighted by molar-refractivity contribution is -0.141. The van der Waals surface area contributed by atoms with Crippen molar-refractivity contribution < 1.29 is 14.7 Å². The molecule has 1 unspecified atom stereocenters. The van der Waals surface area contributed by atoms with Gasteiger partial charge in [-0.05, 0) is 31.5 Å². The normalized spacial score (nSPS) is 16.7. The molecule has 1 saturated heterocycles. The van der Waals surface area contributed by atoms with Gasteiger partial charge >= 0.3 is 11.7 Å². The summed E-state index contributed by atoms with van der Waals surface area (Å²) in [6, 6.07) is 4.50. The number of carbonyl (C=O) groups excluding carboxylic acids is 1. The lowest BCUT2D eigenvalue weighted by atomic mass is 10.1. The Hall–Kier alpha value is -2.61. The highest BCUT2D eigenvalue weighted by Gasteiger charge is 2.31. The van der Waals surface area contributed by atoms with Gasteiger partial charge in [0.05, 0.1) is 16.8 Å². The third kappa shape index (κ3) is 3.30. The summed E-state index contributed by atoms with van der Waals surface area (Å²) in [6.07, 6.45) is 0.423. The number of aromatic nitrogens is 2. The second-order valence-electron chi connectivity index (χ2n) is 5.81. The predicted octanol–water partition coefficient (Wildman–Crippen LogP) is 0.678. The number of nitrogens with one attached hydrogen (secondary N) is 1. The largest absolute Gasteiger partial charge is 0.481 e. The van der Waals surface area contributed by atoms with E-state index in [1.54, 1.807) is 6.92 Å². The number of rotatable bonds is 3. The smallest absolute Gasteiger partial charge is 0.328 e. The number of amides is 1. The van der Waals surface area contributed by atoms with Crippen LogP contribution >= 0.6 is 12.4 Å². The molecule has 1 amide bonds. The molecule has 2 aromatic rings. The molecule has 2 N–H and O–H groups in total. The number of halogens is 1. The van der Waals surface area contributed by atoms with E-state index < -0.39 is 23.1 Å². The van der Waals surface area contributed by atoms with Crippen LogP contribution in [0.15, 0.2) is 27.8 Å². The van der Waals surface area contributed by atoms with E-state index in [2.05, 4.69) is 4.98 Å². The summed E-state index contributed by atoms with van der Waals surface area (Å²) >= 11 is 0. The van der Waals surface area contributed by atoms with Gasteiger partial charge in [0, 0.05) is 25.2 Å². The number of nitrogens with zero attached hydrogens (tertiary/aromatic N) is 2. The Morgan fingerprint density at radius 2 is 2.04 bits per heavy atom. The van der Waals surface area contributed by atoms with E-state index in [4.69, 9.17) is 5.11 Å². The number of aliphatic carboxylic acids is 1. The topological polar surface area (TPSA) is 112 Å². The Labute approximate surface area is 148 Å². The van der Waals surface area contributed by atoms with E-state index in [1.165, 1.54) is 23.1 Å². The molecule has 0 bridgehead atoms.